The number of hydrogen-bond acceptors (Lipinski definition) is 5. The van der Waals surface area contributed by atoms with Gasteiger partial charge in [-0.25, -0.2) is 0 Å². The van der Waals surface area contributed by atoms with E-state index in [1.807, 2.05) is 31.2 Å². The van der Waals surface area contributed by atoms with Crippen molar-refractivity contribution < 1.29 is 14.2 Å². The van der Waals surface area contributed by atoms with Crippen molar-refractivity contribution in [3.63, 3.8) is 0 Å². The van der Waals surface area contributed by atoms with E-state index in [1.54, 1.807) is 14.2 Å². The second-order valence-corrected chi connectivity index (χ2v) is 5.94. The van der Waals surface area contributed by atoms with Crippen LogP contribution in [0.2, 0.25) is 0 Å². The lowest BCUT2D eigenvalue weighted by atomic mass is 10.3. The van der Waals surface area contributed by atoms with Gasteiger partial charge in [-0.05, 0) is 19.1 Å². The quantitative estimate of drug-likeness (QED) is 0.538. The number of morpholine rings is 1. The molecule has 0 aromatic heterocycles. The number of guanidine groups is 1. The van der Waals surface area contributed by atoms with Gasteiger partial charge in [0.05, 0.1) is 26.9 Å². The van der Waals surface area contributed by atoms with Gasteiger partial charge < -0.3 is 24.8 Å². The molecule has 0 bridgehead atoms. The van der Waals surface area contributed by atoms with Gasteiger partial charge in [-0.1, -0.05) is 6.07 Å². The Labute approximate surface area is 150 Å². The molecule has 2 N–H and O–H groups in total. The van der Waals surface area contributed by atoms with Gasteiger partial charge in [-0.2, -0.15) is 0 Å². The first-order valence-corrected chi connectivity index (χ1v) is 8.76. The van der Waals surface area contributed by atoms with Gasteiger partial charge in [-0.3, -0.25) is 9.89 Å². The van der Waals surface area contributed by atoms with Gasteiger partial charge in [0.2, 0.25) is 0 Å². The Hall–Kier alpha value is -1.99. The van der Waals surface area contributed by atoms with Crippen molar-refractivity contribution in [1.29, 1.82) is 0 Å². The normalized spacial score (nSPS) is 17.0. The van der Waals surface area contributed by atoms with E-state index in [4.69, 9.17) is 14.2 Å². The molecule has 0 spiro atoms. The Morgan fingerprint density at radius 1 is 1.28 bits per heavy atom. The zero-order chi connectivity index (χ0) is 17.9. The minimum atomic E-state index is 0.00454. The predicted molar refractivity (Wildman–Crippen MR) is 99.7 cm³/mol. The fraction of sp³-hybridized carbons (Fsp3) is 0.611. The van der Waals surface area contributed by atoms with E-state index in [-0.39, 0.29) is 6.10 Å². The van der Waals surface area contributed by atoms with Crippen molar-refractivity contribution >= 4 is 5.96 Å². The van der Waals surface area contributed by atoms with E-state index >= 15 is 0 Å². The summed E-state index contributed by atoms with van der Waals surface area (Å²) in [5.74, 6) is 2.37. The first-order chi connectivity index (χ1) is 12.2. The van der Waals surface area contributed by atoms with Crippen LogP contribution >= 0.6 is 0 Å². The summed E-state index contributed by atoms with van der Waals surface area (Å²) in [5, 5.41) is 6.63. The van der Waals surface area contributed by atoms with Crippen LogP contribution in [0.25, 0.3) is 0 Å². The minimum Gasteiger partial charge on any atom is -0.497 e. The summed E-state index contributed by atoms with van der Waals surface area (Å²) in [7, 11) is 3.42. The zero-order valence-electron chi connectivity index (χ0n) is 15.5. The molecule has 1 unspecified atom stereocenters. The molecule has 0 amide bonds. The Kier molecular flexibility index (Phi) is 8.34. The van der Waals surface area contributed by atoms with Crippen LogP contribution in [0.4, 0.5) is 0 Å². The Morgan fingerprint density at radius 2 is 2.04 bits per heavy atom. The number of ether oxygens (including phenoxy) is 3. The van der Waals surface area contributed by atoms with Crippen LogP contribution in [-0.4, -0.2) is 77.1 Å². The van der Waals surface area contributed by atoms with Crippen LogP contribution < -0.4 is 20.1 Å². The highest BCUT2D eigenvalue weighted by Crippen LogP contribution is 2.19. The molecule has 25 heavy (non-hydrogen) atoms. The predicted octanol–water partition coefficient (Wildman–Crippen LogP) is 0.960. The summed E-state index contributed by atoms with van der Waals surface area (Å²) in [6.45, 7) is 8.17. The van der Waals surface area contributed by atoms with Gasteiger partial charge in [0, 0.05) is 39.3 Å². The first-order valence-electron chi connectivity index (χ1n) is 8.76. The topological polar surface area (TPSA) is 67.4 Å². The number of benzene rings is 1. The number of nitrogens with zero attached hydrogens (tertiary/aromatic N) is 2. The summed E-state index contributed by atoms with van der Waals surface area (Å²) in [4.78, 5) is 6.64. The third-order valence-corrected chi connectivity index (χ3v) is 3.98. The molecule has 0 saturated carbocycles. The summed E-state index contributed by atoms with van der Waals surface area (Å²) < 4.78 is 16.5. The van der Waals surface area contributed by atoms with E-state index in [2.05, 4.69) is 20.5 Å². The van der Waals surface area contributed by atoms with Gasteiger partial charge in [0.25, 0.3) is 0 Å². The van der Waals surface area contributed by atoms with Crippen LogP contribution in [0.5, 0.6) is 11.5 Å². The molecular weight excluding hydrogens is 320 g/mol. The lowest BCUT2D eigenvalue weighted by molar-refractivity contribution is 0.0389. The minimum absolute atomic E-state index is 0.00454. The number of aliphatic imine (C=N–C) groups is 1. The lowest BCUT2D eigenvalue weighted by Gasteiger charge is -2.26. The zero-order valence-corrected chi connectivity index (χ0v) is 15.5. The highest BCUT2D eigenvalue weighted by Gasteiger charge is 2.10. The molecule has 7 nitrogen and oxygen atoms in total. The second kappa shape index (κ2) is 10.8. The van der Waals surface area contributed by atoms with E-state index in [0.29, 0.717) is 6.54 Å². The largest absolute Gasteiger partial charge is 0.497 e. The van der Waals surface area contributed by atoms with Crippen molar-refractivity contribution in [3.8, 4) is 11.5 Å². The third-order valence-electron chi connectivity index (χ3n) is 3.98. The van der Waals surface area contributed by atoms with E-state index in [0.717, 1.165) is 56.9 Å². The molecule has 2 rings (SSSR count). The molecule has 1 heterocycles. The van der Waals surface area contributed by atoms with Crippen LogP contribution in [0.3, 0.4) is 0 Å². The van der Waals surface area contributed by atoms with E-state index in [1.165, 1.54) is 0 Å². The van der Waals surface area contributed by atoms with Crippen molar-refractivity contribution in [2.24, 2.45) is 4.99 Å². The number of methoxy groups -OCH3 is 1. The highest BCUT2D eigenvalue weighted by molar-refractivity contribution is 5.79. The van der Waals surface area contributed by atoms with Crippen LogP contribution in [0.1, 0.15) is 6.92 Å². The van der Waals surface area contributed by atoms with Gasteiger partial charge >= 0.3 is 0 Å². The number of nitrogens with one attached hydrogen (secondary N) is 2. The molecule has 1 atom stereocenters. The van der Waals surface area contributed by atoms with E-state index in [9.17, 15) is 0 Å². The summed E-state index contributed by atoms with van der Waals surface area (Å²) >= 11 is 0. The van der Waals surface area contributed by atoms with E-state index < -0.39 is 0 Å². The molecule has 0 aliphatic carbocycles. The van der Waals surface area contributed by atoms with Crippen LogP contribution in [-0.2, 0) is 4.74 Å². The average Bonchev–Trinajstić information content (AvgIpc) is 2.65. The Bertz CT molecular complexity index is 533. The van der Waals surface area contributed by atoms with Crippen molar-refractivity contribution in [1.82, 2.24) is 15.5 Å². The second-order valence-electron chi connectivity index (χ2n) is 5.94. The molecule has 1 saturated heterocycles. The monoisotopic (exact) mass is 350 g/mol. The van der Waals surface area contributed by atoms with Crippen LogP contribution in [0.15, 0.2) is 29.3 Å². The van der Waals surface area contributed by atoms with Crippen molar-refractivity contribution in [2.75, 3.05) is 60.1 Å². The smallest absolute Gasteiger partial charge is 0.191 e. The average molecular weight is 350 g/mol. The molecule has 1 fully saturated rings. The Morgan fingerprint density at radius 3 is 2.76 bits per heavy atom. The maximum absolute atomic E-state index is 5.90. The molecule has 1 aromatic carbocycles. The molecular formula is C18H30N4O3. The molecule has 1 aliphatic rings. The Balaban J connectivity index is 1.66. The van der Waals surface area contributed by atoms with Gasteiger partial charge in [0.1, 0.15) is 17.6 Å². The third kappa shape index (κ3) is 7.19. The first kappa shape index (κ1) is 19.3. The number of rotatable bonds is 8. The van der Waals surface area contributed by atoms with Crippen molar-refractivity contribution in [3.05, 3.63) is 24.3 Å². The molecule has 7 heteroatoms. The lowest BCUT2D eigenvalue weighted by Crippen LogP contribution is -2.46. The number of hydrogen-bond donors (Lipinski definition) is 2. The molecule has 1 aliphatic heterocycles. The SMILES string of the molecule is CN=C(NCCN1CCOCC1)NCC(C)Oc1cccc(OC)c1. The highest BCUT2D eigenvalue weighted by atomic mass is 16.5. The van der Waals surface area contributed by atoms with Gasteiger partial charge in [-0.15, -0.1) is 0 Å². The van der Waals surface area contributed by atoms with Crippen molar-refractivity contribution in [2.45, 2.75) is 13.0 Å². The fourth-order valence-corrected chi connectivity index (χ4v) is 2.57. The molecule has 0 radical (unpaired) electrons. The maximum atomic E-state index is 5.90. The fourth-order valence-electron chi connectivity index (χ4n) is 2.57. The van der Waals surface area contributed by atoms with Crippen LogP contribution in [0, 0.1) is 0 Å². The maximum Gasteiger partial charge on any atom is 0.191 e. The summed E-state index contributed by atoms with van der Waals surface area (Å²) in [6, 6.07) is 7.62. The molecule has 140 valence electrons. The summed E-state index contributed by atoms with van der Waals surface area (Å²) in [5.41, 5.74) is 0. The summed E-state index contributed by atoms with van der Waals surface area (Å²) in [6.07, 6.45) is 0.00454. The molecule has 1 aromatic rings. The standard InChI is InChI=1S/C18H30N4O3/c1-15(25-17-6-4-5-16(13-17)23-3)14-21-18(19-2)20-7-8-22-9-11-24-12-10-22/h4-6,13,15H,7-12,14H2,1-3H3,(H2,19,20,21). The van der Waals surface area contributed by atoms with Gasteiger partial charge in [0.15, 0.2) is 5.96 Å².